The van der Waals surface area contributed by atoms with Crippen LogP contribution in [0.2, 0.25) is 0 Å². The molecule has 0 unspecified atom stereocenters. The van der Waals surface area contributed by atoms with Crippen LogP contribution in [-0.4, -0.2) is 16.1 Å². The molecule has 16 heavy (non-hydrogen) atoms. The highest BCUT2D eigenvalue weighted by molar-refractivity contribution is 7.05. The van der Waals surface area contributed by atoms with Crippen LogP contribution in [0.15, 0.2) is 24.3 Å². The van der Waals surface area contributed by atoms with Gasteiger partial charge in [0.2, 0.25) is 0 Å². The van der Waals surface area contributed by atoms with Gasteiger partial charge in [-0.05, 0) is 42.3 Å². The molecule has 0 aliphatic heterocycles. The minimum absolute atomic E-state index is 0.236. The van der Waals surface area contributed by atoms with Crippen LogP contribution < -0.4 is 5.32 Å². The summed E-state index contributed by atoms with van der Waals surface area (Å²) < 4.78 is 16.7. The Morgan fingerprint density at radius 3 is 2.75 bits per heavy atom. The molecule has 1 heterocycles. The first-order valence-electron chi connectivity index (χ1n) is 5.09. The SMILES string of the molecule is CCNCc1snnc1-c1ccc(F)cc1. The van der Waals surface area contributed by atoms with Gasteiger partial charge in [0.1, 0.15) is 11.5 Å². The van der Waals surface area contributed by atoms with E-state index in [9.17, 15) is 4.39 Å². The molecule has 3 nitrogen and oxygen atoms in total. The molecule has 0 spiro atoms. The summed E-state index contributed by atoms with van der Waals surface area (Å²) in [4.78, 5) is 1.08. The Morgan fingerprint density at radius 2 is 2.06 bits per heavy atom. The molecule has 2 rings (SSSR count). The van der Waals surface area contributed by atoms with Crippen LogP contribution in [0, 0.1) is 5.82 Å². The maximum atomic E-state index is 12.8. The van der Waals surface area contributed by atoms with Crippen LogP contribution in [0.3, 0.4) is 0 Å². The number of nitrogens with zero attached hydrogens (tertiary/aromatic N) is 2. The molecule has 0 aliphatic carbocycles. The van der Waals surface area contributed by atoms with Crippen LogP contribution in [0.1, 0.15) is 11.8 Å². The van der Waals surface area contributed by atoms with Gasteiger partial charge in [-0.3, -0.25) is 0 Å². The van der Waals surface area contributed by atoms with Crippen LogP contribution in [0.5, 0.6) is 0 Å². The summed E-state index contributed by atoms with van der Waals surface area (Å²) in [7, 11) is 0. The van der Waals surface area contributed by atoms with Gasteiger partial charge in [-0.1, -0.05) is 11.4 Å². The highest BCUT2D eigenvalue weighted by atomic mass is 32.1. The molecule has 0 radical (unpaired) electrons. The summed E-state index contributed by atoms with van der Waals surface area (Å²) in [5.74, 6) is -0.236. The Labute approximate surface area is 97.5 Å². The van der Waals surface area contributed by atoms with E-state index in [0.717, 1.165) is 29.2 Å². The molecule has 1 aromatic carbocycles. The van der Waals surface area contributed by atoms with Crippen molar-refractivity contribution in [1.29, 1.82) is 0 Å². The number of nitrogens with one attached hydrogen (secondary N) is 1. The molecule has 84 valence electrons. The predicted octanol–water partition coefficient (Wildman–Crippen LogP) is 2.45. The van der Waals surface area contributed by atoms with Crippen molar-refractivity contribution in [3.8, 4) is 11.3 Å². The molecular formula is C11H12FN3S. The maximum absolute atomic E-state index is 12.8. The minimum atomic E-state index is -0.236. The zero-order valence-electron chi connectivity index (χ0n) is 8.90. The second-order valence-corrected chi connectivity index (χ2v) is 4.17. The first kappa shape index (κ1) is 11.2. The molecule has 0 saturated heterocycles. The predicted molar refractivity (Wildman–Crippen MR) is 62.7 cm³/mol. The van der Waals surface area contributed by atoms with Crippen molar-refractivity contribution >= 4 is 11.5 Å². The molecule has 2 aromatic rings. The number of hydrogen-bond donors (Lipinski definition) is 1. The third-order valence-corrected chi connectivity index (χ3v) is 2.93. The van der Waals surface area contributed by atoms with Crippen molar-refractivity contribution in [1.82, 2.24) is 14.9 Å². The van der Waals surface area contributed by atoms with E-state index in [1.165, 1.54) is 23.7 Å². The van der Waals surface area contributed by atoms with Crippen molar-refractivity contribution in [3.63, 3.8) is 0 Å². The third kappa shape index (κ3) is 2.43. The summed E-state index contributed by atoms with van der Waals surface area (Å²) in [6, 6.07) is 6.32. The van der Waals surface area contributed by atoms with E-state index in [0.29, 0.717) is 0 Å². The fraction of sp³-hybridized carbons (Fsp3) is 0.273. The average Bonchev–Trinajstić information content (AvgIpc) is 2.75. The molecule has 0 aliphatic rings. The lowest BCUT2D eigenvalue weighted by Gasteiger charge is -2.01. The van der Waals surface area contributed by atoms with Crippen LogP contribution in [-0.2, 0) is 6.54 Å². The lowest BCUT2D eigenvalue weighted by Crippen LogP contribution is -2.11. The van der Waals surface area contributed by atoms with E-state index in [1.807, 2.05) is 6.92 Å². The molecule has 0 atom stereocenters. The van der Waals surface area contributed by atoms with Gasteiger partial charge in [-0.2, -0.15) is 0 Å². The maximum Gasteiger partial charge on any atom is 0.123 e. The van der Waals surface area contributed by atoms with E-state index in [-0.39, 0.29) is 5.82 Å². The Hall–Kier alpha value is -1.33. The highest BCUT2D eigenvalue weighted by Crippen LogP contribution is 2.23. The molecular weight excluding hydrogens is 225 g/mol. The number of halogens is 1. The van der Waals surface area contributed by atoms with Gasteiger partial charge in [-0.15, -0.1) is 5.10 Å². The fourth-order valence-electron chi connectivity index (χ4n) is 1.39. The number of benzene rings is 1. The molecule has 0 bridgehead atoms. The first-order valence-corrected chi connectivity index (χ1v) is 5.86. The molecule has 0 fully saturated rings. The Morgan fingerprint density at radius 1 is 1.31 bits per heavy atom. The molecule has 1 aromatic heterocycles. The normalized spacial score (nSPS) is 10.6. The van der Waals surface area contributed by atoms with Gasteiger partial charge in [0.25, 0.3) is 0 Å². The topological polar surface area (TPSA) is 37.8 Å². The average molecular weight is 237 g/mol. The summed E-state index contributed by atoms with van der Waals surface area (Å²) in [5.41, 5.74) is 1.74. The van der Waals surface area contributed by atoms with Gasteiger partial charge in [0.15, 0.2) is 0 Å². The van der Waals surface area contributed by atoms with Crippen molar-refractivity contribution in [2.24, 2.45) is 0 Å². The number of hydrogen-bond acceptors (Lipinski definition) is 4. The van der Waals surface area contributed by atoms with Crippen LogP contribution in [0.25, 0.3) is 11.3 Å². The lowest BCUT2D eigenvalue weighted by atomic mass is 10.1. The van der Waals surface area contributed by atoms with Crippen LogP contribution >= 0.6 is 11.5 Å². The molecule has 0 amide bonds. The second-order valence-electron chi connectivity index (χ2n) is 3.33. The zero-order valence-corrected chi connectivity index (χ0v) is 9.72. The summed E-state index contributed by atoms with van der Waals surface area (Å²) >= 11 is 1.37. The second kappa shape index (κ2) is 5.14. The number of rotatable bonds is 4. The summed E-state index contributed by atoms with van der Waals surface area (Å²) in [6.45, 7) is 3.70. The Balaban J connectivity index is 2.26. The number of aromatic nitrogens is 2. The van der Waals surface area contributed by atoms with Crippen molar-refractivity contribution in [2.45, 2.75) is 13.5 Å². The van der Waals surface area contributed by atoms with E-state index >= 15 is 0 Å². The lowest BCUT2D eigenvalue weighted by molar-refractivity contribution is 0.628. The van der Waals surface area contributed by atoms with Crippen LogP contribution in [0.4, 0.5) is 4.39 Å². The zero-order chi connectivity index (χ0) is 11.4. The fourth-order valence-corrected chi connectivity index (χ4v) is 2.02. The molecule has 0 saturated carbocycles. The summed E-state index contributed by atoms with van der Waals surface area (Å²) in [5, 5.41) is 7.30. The smallest absolute Gasteiger partial charge is 0.123 e. The van der Waals surface area contributed by atoms with Crippen molar-refractivity contribution < 1.29 is 4.39 Å². The van der Waals surface area contributed by atoms with E-state index in [1.54, 1.807) is 12.1 Å². The Kier molecular flexibility index (Phi) is 3.58. The van der Waals surface area contributed by atoms with Gasteiger partial charge in [0.05, 0.1) is 4.88 Å². The van der Waals surface area contributed by atoms with Gasteiger partial charge in [-0.25, -0.2) is 4.39 Å². The van der Waals surface area contributed by atoms with Gasteiger partial charge in [0, 0.05) is 12.1 Å². The van der Waals surface area contributed by atoms with E-state index in [2.05, 4.69) is 14.9 Å². The third-order valence-electron chi connectivity index (χ3n) is 2.21. The largest absolute Gasteiger partial charge is 0.312 e. The first-order chi connectivity index (χ1) is 7.81. The van der Waals surface area contributed by atoms with Crippen molar-refractivity contribution in [2.75, 3.05) is 6.54 Å². The van der Waals surface area contributed by atoms with Gasteiger partial charge >= 0.3 is 0 Å². The molecule has 1 N–H and O–H groups in total. The highest BCUT2D eigenvalue weighted by Gasteiger charge is 2.09. The van der Waals surface area contributed by atoms with E-state index in [4.69, 9.17) is 0 Å². The monoisotopic (exact) mass is 237 g/mol. The van der Waals surface area contributed by atoms with E-state index < -0.39 is 0 Å². The summed E-state index contributed by atoms with van der Waals surface area (Å²) in [6.07, 6.45) is 0. The van der Waals surface area contributed by atoms with Crippen molar-refractivity contribution in [3.05, 3.63) is 35.0 Å². The van der Waals surface area contributed by atoms with Gasteiger partial charge < -0.3 is 5.32 Å². The Bertz CT molecular complexity index is 453. The molecule has 5 heteroatoms. The minimum Gasteiger partial charge on any atom is -0.312 e. The quantitative estimate of drug-likeness (QED) is 0.887. The standard InChI is InChI=1S/C11H12FN3S/c1-2-13-7-10-11(14-15-16-10)8-3-5-9(12)6-4-8/h3-6,13H,2,7H2,1H3.